The van der Waals surface area contributed by atoms with Crippen LogP contribution in [-0.2, 0) is 6.54 Å². The van der Waals surface area contributed by atoms with Crippen LogP contribution in [0.25, 0.3) is 0 Å². The van der Waals surface area contributed by atoms with Gasteiger partial charge in [-0.15, -0.1) is 0 Å². The highest BCUT2D eigenvalue weighted by Crippen LogP contribution is 2.22. The molecule has 148 valence electrons. The van der Waals surface area contributed by atoms with Crippen molar-refractivity contribution in [2.24, 2.45) is 0 Å². The summed E-state index contributed by atoms with van der Waals surface area (Å²) < 4.78 is 0. The Bertz CT molecular complexity index is 1020. The van der Waals surface area contributed by atoms with Gasteiger partial charge in [0.15, 0.2) is 0 Å². The van der Waals surface area contributed by atoms with Gasteiger partial charge in [0.25, 0.3) is 11.8 Å². The van der Waals surface area contributed by atoms with Crippen molar-refractivity contribution in [3.63, 3.8) is 0 Å². The lowest BCUT2D eigenvalue weighted by molar-refractivity contribution is 0.0951. The van der Waals surface area contributed by atoms with Crippen LogP contribution in [0.4, 0.5) is 11.5 Å². The molecule has 0 fully saturated rings. The summed E-state index contributed by atoms with van der Waals surface area (Å²) >= 11 is 0. The SMILES string of the molecule is Cc1cccc(C(=O)NCc2ccnc(N(C)C)c2)c1NC(=O)c1ccncc1. The van der Waals surface area contributed by atoms with Gasteiger partial charge in [0.05, 0.1) is 11.3 Å². The first-order valence-corrected chi connectivity index (χ1v) is 9.17. The zero-order valence-corrected chi connectivity index (χ0v) is 16.6. The number of benzene rings is 1. The molecule has 2 amide bonds. The van der Waals surface area contributed by atoms with E-state index in [2.05, 4.69) is 20.6 Å². The Balaban J connectivity index is 1.76. The van der Waals surface area contributed by atoms with E-state index in [9.17, 15) is 9.59 Å². The first-order valence-electron chi connectivity index (χ1n) is 9.17. The number of hydrogen-bond acceptors (Lipinski definition) is 5. The number of para-hydroxylation sites is 1. The van der Waals surface area contributed by atoms with Crippen LogP contribution in [0.1, 0.15) is 31.8 Å². The maximum Gasteiger partial charge on any atom is 0.255 e. The molecule has 0 spiro atoms. The average molecular weight is 389 g/mol. The molecule has 2 aromatic heterocycles. The molecule has 0 unspecified atom stereocenters. The second-order valence-corrected chi connectivity index (χ2v) is 6.79. The van der Waals surface area contributed by atoms with E-state index in [0.717, 1.165) is 16.9 Å². The Morgan fingerprint density at radius 1 is 1.00 bits per heavy atom. The number of rotatable bonds is 6. The third-order valence-corrected chi connectivity index (χ3v) is 4.42. The van der Waals surface area contributed by atoms with Crippen molar-refractivity contribution in [1.29, 1.82) is 0 Å². The molecular weight excluding hydrogens is 366 g/mol. The van der Waals surface area contributed by atoms with Crippen LogP contribution in [0.5, 0.6) is 0 Å². The van der Waals surface area contributed by atoms with Gasteiger partial charge in [-0.1, -0.05) is 12.1 Å². The molecule has 29 heavy (non-hydrogen) atoms. The predicted molar refractivity (Wildman–Crippen MR) is 113 cm³/mol. The number of nitrogens with zero attached hydrogens (tertiary/aromatic N) is 3. The molecule has 0 saturated heterocycles. The molecule has 0 saturated carbocycles. The monoisotopic (exact) mass is 389 g/mol. The summed E-state index contributed by atoms with van der Waals surface area (Å²) in [5.41, 5.74) is 3.12. The van der Waals surface area contributed by atoms with Gasteiger partial charge in [0.1, 0.15) is 5.82 Å². The Hall–Kier alpha value is -3.74. The van der Waals surface area contributed by atoms with Gasteiger partial charge in [-0.3, -0.25) is 14.6 Å². The van der Waals surface area contributed by atoms with Gasteiger partial charge in [-0.05, 0) is 48.4 Å². The molecule has 1 aromatic carbocycles. The molecule has 0 bridgehead atoms. The van der Waals surface area contributed by atoms with Crippen molar-refractivity contribution >= 4 is 23.3 Å². The average Bonchev–Trinajstić information content (AvgIpc) is 2.74. The van der Waals surface area contributed by atoms with E-state index < -0.39 is 0 Å². The van der Waals surface area contributed by atoms with Gasteiger partial charge in [-0.2, -0.15) is 0 Å². The Labute approximate surface area is 169 Å². The van der Waals surface area contributed by atoms with E-state index in [1.165, 1.54) is 0 Å². The van der Waals surface area contributed by atoms with Crippen molar-refractivity contribution < 1.29 is 9.59 Å². The third kappa shape index (κ3) is 4.95. The molecule has 0 aliphatic rings. The molecule has 0 radical (unpaired) electrons. The maximum atomic E-state index is 12.8. The summed E-state index contributed by atoms with van der Waals surface area (Å²) in [5, 5.41) is 5.77. The third-order valence-electron chi connectivity index (χ3n) is 4.42. The van der Waals surface area contributed by atoms with E-state index in [1.54, 1.807) is 42.9 Å². The predicted octanol–water partition coefficient (Wildman–Crippen LogP) is 3.03. The zero-order chi connectivity index (χ0) is 20.8. The van der Waals surface area contributed by atoms with Crippen LogP contribution in [0.15, 0.2) is 61.1 Å². The van der Waals surface area contributed by atoms with E-state index in [4.69, 9.17) is 0 Å². The summed E-state index contributed by atoms with van der Waals surface area (Å²) in [6.07, 6.45) is 4.82. The van der Waals surface area contributed by atoms with Crippen LogP contribution < -0.4 is 15.5 Å². The van der Waals surface area contributed by atoms with Gasteiger partial charge in [0.2, 0.25) is 0 Å². The minimum atomic E-state index is -0.291. The number of anilines is 2. The lowest BCUT2D eigenvalue weighted by Gasteiger charge is -2.15. The second-order valence-electron chi connectivity index (χ2n) is 6.79. The highest BCUT2D eigenvalue weighted by atomic mass is 16.2. The van der Waals surface area contributed by atoms with Crippen LogP contribution in [0.3, 0.4) is 0 Å². The smallest absolute Gasteiger partial charge is 0.255 e. The van der Waals surface area contributed by atoms with Gasteiger partial charge < -0.3 is 15.5 Å². The van der Waals surface area contributed by atoms with E-state index >= 15 is 0 Å². The fraction of sp³-hybridized carbons (Fsp3) is 0.182. The summed E-state index contributed by atoms with van der Waals surface area (Å²) in [6, 6.07) is 12.4. The second kappa shape index (κ2) is 8.97. The van der Waals surface area contributed by atoms with Gasteiger partial charge >= 0.3 is 0 Å². The van der Waals surface area contributed by atoms with Crippen LogP contribution >= 0.6 is 0 Å². The number of carbonyl (C=O) groups is 2. The Kier molecular flexibility index (Phi) is 6.19. The number of nitrogens with one attached hydrogen (secondary N) is 2. The summed E-state index contributed by atoms with van der Waals surface area (Å²) in [4.78, 5) is 35.5. The molecule has 2 heterocycles. The quantitative estimate of drug-likeness (QED) is 0.677. The van der Waals surface area contributed by atoms with Gasteiger partial charge in [-0.25, -0.2) is 4.98 Å². The minimum absolute atomic E-state index is 0.262. The van der Waals surface area contributed by atoms with Crippen LogP contribution in [0.2, 0.25) is 0 Å². The number of aryl methyl sites for hydroxylation is 1. The fourth-order valence-corrected chi connectivity index (χ4v) is 2.80. The Morgan fingerprint density at radius 3 is 2.48 bits per heavy atom. The molecule has 0 aliphatic carbocycles. The number of pyridine rings is 2. The highest BCUT2D eigenvalue weighted by Gasteiger charge is 2.16. The largest absolute Gasteiger partial charge is 0.363 e. The fourth-order valence-electron chi connectivity index (χ4n) is 2.80. The van der Waals surface area contributed by atoms with E-state index in [1.807, 2.05) is 44.1 Å². The van der Waals surface area contributed by atoms with Crippen molar-refractivity contribution in [2.75, 3.05) is 24.3 Å². The number of aromatic nitrogens is 2. The molecule has 3 aromatic rings. The van der Waals surface area contributed by atoms with Crippen molar-refractivity contribution in [3.8, 4) is 0 Å². The topological polar surface area (TPSA) is 87.2 Å². The molecule has 3 rings (SSSR count). The van der Waals surface area contributed by atoms with Crippen molar-refractivity contribution in [2.45, 2.75) is 13.5 Å². The van der Waals surface area contributed by atoms with E-state index in [0.29, 0.717) is 23.4 Å². The first kappa shape index (κ1) is 20.0. The standard InChI is InChI=1S/C22H23N5O2/c1-15-5-4-6-18(20(15)26-21(28)17-8-10-23-11-9-17)22(29)25-14-16-7-12-24-19(13-16)27(2)3/h4-13H,14H2,1-3H3,(H,25,29)(H,26,28). The summed E-state index contributed by atoms with van der Waals surface area (Å²) in [5.74, 6) is 0.264. The molecule has 7 nitrogen and oxygen atoms in total. The molecule has 2 N–H and O–H groups in total. The number of hydrogen-bond donors (Lipinski definition) is 2. The summed E-state index contributed by atoms with van der Waals surface area (Å²) in [7, 11) is 3.82. The van der Waals surface area contributed by atoms with Gasteiger partial charge in [0, 0.05) is 44.8 Å². The Morgan fingerprint density at radius 2 is 1.76 bits per heavy atom. The normalized spacial score (nSPS) is 10.3. The maximum absolute atomic E-state index is 12.8. The summed E-state index contributed by atoms with van der Waals surface area (Å²) in [6.45, 7) is 2.21. The molecule has 0 aliphatic heterocycles. The highest BCUT2D eigenvalue weighted by molar-refractivity contribution is 6.09. The number of amides is 2. The van der Waals surface area contributed by atoms with Crippen LogP contribution in [0, 0.1) is 6.92 Å². The molecule has 7 heteroatoms. The van der Waals surface area contributed by atoms with Crippen molar-refractivity contribution in [1.82, 2.24) is 15.3 Å². The minimum Gasteiger partial charge on any atom is -0.363 e. The first-order chi connectivity index (χ1) is 14.0. The molecular formula is C22H23N5O2. The lowest BCUT2D eigenvalue weighted by atomic mass is 10.1. The number of carbonyl (C=O) groups excluding carboxylic acids is 2. The van der Waals surface area contributed by atoms with E-state index in [-0.39, 0.29) is 11.8 Å². The zero-order valence-electron chi connectivity index (χ0n) is 16.6. The lowest BCUT2D eigenvalue weighted by Crippen LogP contribution is -2.25. The van der Waals surface area contributed by atoms with Crippen LogP contribution in [-0.4, -0.2) is 35.9 Å². The van der Waals surface area contributed by atoms with Crippen molar-refractivity contribution in [3.05, 3.63) is 83.3 Å². The molecule has 0 atom stereocenters.